The predicted molar refractivity (Wildman–Crippen MR) is 125 cm³/mol. The Kier molecular flexibility index (Phi) is 6.04. The fourth-order valence-corrected chi connectivity index (χ4v) is 3.59. The van der Waals surface area contributed by atoms with Crippen LogP contribution in [0.2, 0.25) is 0 Å². The molecular weight excluding hydrogens is 422 g/mol. The summed E-state index contributed by atoms with van der Waals surface area (Å²) in [5.41, 5.74) is 2.71. The topological polar surface area (TPSA) is 87.0 Å². The van der Waals surface area contributed by atoms with E-state index in [1.165, 1.54) is 14.2 Å². The minimum atomic E-state index is -0.272. The number of hydrogen-bond acceptors (Lipinski definition) is 6. The van der Waals surface area contributed by atoms with Crippen LogP contribution in [0.15, 0.2) is 65.1 Å². The molecule has 0 unspecified atom stereocenters. The highest BCUT2D eigenvalue weighted by Crippen LogP contribution is 2.32. The van der Waals surface area contributed by atoms with E-state index in [4.69, 9.17) is 18.6 Å². The zero-order valence-electron chi connectivity index (χ0n) is 18.7. The van der Waals surface area contributed by atoms with Gasteiger partial charge in [-0.15, -0.1) is 0 Å². The number of ketones is 1. The molecule has 0 radical (unpaired) electrons. The van der Waals surface area contributed by atoms with Crippen molar-refractivity contribution < 1.29 is 28.2 Å². The Balaban J connectivity index is 1.63. The molecule has 1 N–H and O–H groups in total. The van der Waals surface area contributed by atoms with E-state index in [1.807, 2.05) is 6.92 Å². The van der Waals surface area contributed by atoms with Gasteiger partial charge in [-0.05, 0) is 61.5 Å². The molecule has 7 nitrogen and oxygen atoms in total. The van der Waals surface area contributed by atoms with Crippen molar-refractivity contribution >= 4 is 28.3 Å². The second-order valence-electron chi connectivity index (χ2n) is 7.35. The lowest BCUT2D eigenvalue weighted by Gasteiger charge is -2.08. The van der Waals surface area contributed by atoms with Crippen LogP contribution >= 0.6 is 0 Å². The molecule has 0 aliphatic heterocycles. The summed E-state index contributed by atoms with van der Waals surface area (Å²) in [6.45, 7) is 1.81. The normalized spacial score (nSPS) is 10.7. The van der Waals surface area contributed by atoms with Crippen LogP contribution in [0.25, 0.3) is 11.0 Å². The summed E-state index contributed by atoms with van der Waals surface area (Å²) in [6.07, 6.45) is 0. The highest BCUT2D eigenvalue weighted by molar-refractivity contribution is 6.11. The molecule has 0 atom stereocenters. The quantitative estimate of drug-likeness (QED) is 0.391. The zero-order chi connectivity index (χ0) is 23.5. The lowest BCUT2D eigenvalue weighted by molar-refractivity contribution is 0.101. The first-order chi connectivity index (χ1) is 15.9. The Hall–Kier alpha value is -4.26. The molecule has 33 heavy (non-hydrogen) atoms. The molecule has 0 spiro atoms. The van der Waals surface area contributed by atoms with Crippen molar-refractivity contribution in [2.75, 3.05) is 26.6 Å². The van der Waals surface area contributed by atoms with Gasteiger partial charge in [0.05, 0.1) is 21.3 Å². The predicted octanol–water partition coefficient (Wildman–Crippen LogP) is 5.25. The summed E-state index contributed by atoms with van der Waals surface area (Å²) in [6, 6.07) is 17.1. The molecule has 4 rings (SSSR count). The fourth-order valence-electron chi connectivity index (χ4n) is 3.59. The molecule has 1 amide bonds. The molecule has 0 bridgehead atoms. The summed E-state index contributed by atoms with van der Waals surface area (Å²) in [7, 11) is 4.60. The molecule has 0 saturated heterocycles. The smallest absolute Gasteiger partial charge is 0.255 e. The Morgan fingerprint density at radius 1 is 0.818 bits per heavy atom. The third-order valence-corrected chi connectivity index (χ3v) is 5.38. The standard InChI is InChI=1S/C26H23NO6/c1-15-20-14-18(27-26(29)17-6-5-7-19(12-17)30-2)9-11-21(20)33-25(15)24(28)16-8-10-22(31-3)23(13-16)32-4/h5-14H,1-4H3,(H,27,29). The minimum Gasteiger partial charge on any atom is -0.497 e. The summed E-state index contributed by atoms with van der Waals surface area (Å²) in [5.74, 6) is 1.28. The number of methoxy groups -OCH3 is 3. The first-order valence-electron chi connectivity index (χ1n) is 10.2. The molecule has 168 valence electrons. The van der Waals surface area contributed by atoms with E-state index in [2.05, 4.69) is 5.32 Å². The van der Waals surface area contributed by atoms with Gasteiger partial charge >= 0.3 is 0 Å². The summed E-state index contributed by atoms with van der Waals surface area (Å²) in [4.78, 5) is 25.8. The Morgan fingerprint density at radius 2 is 1.61 bits per heavy atom. The van der Waals surface area contributed by atoms with Crippen LogP contribution < -0.4 is 19.5 Å². The van der Waals surface area contributed by atoms with Crippen molar-refractivity contribution in [3.8, 4) is 17.2 Å². The number of anilines is 1. The van der Waals surface area contributed by atoms with Gasteiger partial charge in [-0.25, -0.2) is 0 Å². The highest BCUT2D eigenvalue weighted by Gasteiger charge is 2.21. The maximum Gasteiger partial charge on any atom is 0.255 e. The summed E-state index contributed by atoms with van der Waals surface area (Å²) >= 11 is 0. The number of hydrogen-bond donors (Lipinski definition) is 1. The Morgan fingerprint density at radius 3 is 2.33 bits per heavy atom. The molecule has 7 heteroatoms. The van der Waals surface area contributed by atoms with Crippen molar-refractivity contribution in [3.05, 3.63) is 83.1 Å². The number of benzene rings is 3. The Bertz CT molecular complexity index is 1350. The first-order valence-corrected chi connectivity index (χ1v) is 10.2. The third-order valence-electron chi connectivity index (χ3n) is 5.38. The average Bonchev–Trinajstić information content (AvgIpc) is 3.18. The van der Waals surface area contributed by atoms with Gasteiger partial charge in [-0.1, -0.05) is 6.07 Å². The first kappa shape index (κ1) is 22.0. The molecule has 0 aliphatic carbocycles. The number of aryl methyl sites for hydroxylation is 1. The second-order valence-corrected chi connectivity index (χ2v) is 7.35. The molecule has 3 aromatic carbocycles. The minimum absolute atomic E-state index is 0.230. The van der Waals surface area contributed by atoms with E-state index >= 15 is 0 Å². The second kappa shape index (κ2) is 9.08. The molecule has 0 fully saturated rings. The van der Waals surface area contributed by atoms with Crippen LogP contribution in [0, 0.1) is 6.92 Å². The van der Waals surface area contributed by atoms with Crippen molar-refractivity contribution in [2.24, 2.45) is 0 Å². The van der Waals surface area contributed by atoms with Gasteiger partial charge < -0.3 is 23.9 Å². The van der Waals surface area contributed by atoms with Gasteiger partial charge in [0, 0.05) is 27.8 Å². The number of ether oxygens (including phenoxy) is 3. The van der Waals surface area contributed by atoms with E-state index in [-0.39, 0.29) is 17.5 Å². The van der Waals surface area contributed by atoms with Crippen molar-refractivity contribution in [1.82, 2.24) is 0 Å². The van der Waals surface area contributed by atoms with Crippen LogP contribution in [-0.4, -0.2) is 33.0 Å². The number of nitrogens with one attached hydrogen (secondary N) is 1. The molecule has 4 aromatic rings. The number of furan rings is 1. The van der Waals surface area contributed by atoms with E-state index in [9.17, 15) is 9.59 Å². The van der Waals surface area contributed by atoms with Crippen LogP contribution in [0.4, 0.5) is 5.69 Å². The summed E-state index contributed by atoms with van der Waals surface area (Å²) < 4.78 is 21.6. The number of rotatable bonds is 7. The molecule has 1 heterocycles. The maximum absolute atomic E-state index is 13.1. The average molecular weight is 445 g/mol. The SMILES string of the molecule is COc1cccc(C(=O)Nc2ccc3oc(C(=O)c4ccc(OC)c(OC)c4)c(C)c3c2)c1. The summed E-state index contributed by atoms with van der Waals surface area (Å²) in [5, 5.41) is 3.61. The van der Waals surface area contributed by atoms with Crippen LogP contribution in [0.1, 0.15) is 32.0 Å². The Labute approximate surface area is 190 Å². The largest absolute Gasteiger partial charge is 0.497 e. The van der Waals surface area contributed by atoms with Crippen molar-refractivity contribution in [2.45, 2.75) is 6.92 Å². The maximum atomic E-state index is 13.1. The van der Waals surface area contributed by atoms with E-state index in [1.54, 1.807) is 67.8 Å². The van der Waals surface area contributed by atoms with Gasteiger partial charge in [0.1, 0.15) is 11.3 Å². The van der Waals surface area contributed by atoms with E-state index in [0.29, 0.717) is 45.2 Å². The van der Waals surface area contributed by atoms with Gasteiger partial charge in [0.15, 0.2) is 17.3 Å². The lowest BCUT2D eigenvalue weighted by Crippen LogP contribution is -2.11. The highest BCUT2D eigenvalue weighted by atomic mass is 16.5. The number of fused-ring (bicyclic) bond motifs is 1. The van der Waals surface area contributed by atoms with Crippen LogP contribution in [-0.2, 0) is 0 Å². The van der Waals surface area contributed by atoms with Crippen LogP contribution in [0.5, 0.6) is 17.2 Å². The fraction of sp³-hybridized carbons (Fsp3) is 0.154. The third kappa shape index (κ3) is 4.25. The molecule has 0 aliphatic rings. The van der Waals surface area contributed by atoms with Gasteiger partial charge in [-0.3, -0.25) is 9.59 Å². The molecule has 0 saturated carbocycles. The monoisotopic (exact) mass is 445 g/mol. The van der Waals surface area contributed by atoms with Crippen molar-refractivity contribution in [1.29, 1.82) is 0 Å². The van der Waals surface area contributed by atoms with Gasteiger partial charge in [0.25, 0.3) is 5.91 Å². The van der Waals surface area contributed by atoms with E-state index in [0.717, 1.165) is 5.39 Å². The number of carbonyl (C=O) groups is 2. The lowest BCUT2D eigenvalue weighted by atomic mass is 10.0. The number of carbonyl (C=O) groups excluding carboxylic acids is 2. The molecular formula is C26H23NO6. The van der Waals surface area contributed by atoms with Crippen LogP contribution in [0.3, 0.4) is 0 Å². The zero-order valence-corrected chi connectivity index (χ0v) is 18.7. The van der Waals surface area contributed by atoms with Gasteiger partial charge in [-0.2, -0.15) is 0 Å². The van der Waals surface area contributed by atoms with Crippen molar-refractivity contribution in [3.63, 3.8) is 0 Å². The molecule has 1 aromatic heterocycles. The van der Waals surface area contributed by atoms with E-state index < -0.39 is 0 Å². The van der Waals surface area contributed by atoms with Gasteiger partial charge in [0.2, 0.25) is 5.78 Å². The number of amides is 1.